The summed E-state index contributed by atoms with van der Waals surface area (Å²) >= 11 is 5.73. The van der Waals surface area contributed by atoms with Gasteiger partial charge in [-0.2, -0.15) is 18.3 Å². The molecular weight excluding hydrogens is 505 g/mol. The minimum Gasteiger partial charge on any atom is -0.350 e. The van der Waals surface area contributed by atoms with Crippen molar-refractivity contribution in [1.29, 1.82) is 0 Å². The van der Waals surface area contributed by atoms with E-state index in [1.165, 1.54) is 19.1 Å². The molecule has 0 bridgehead atoms. The Labute approximate surface area is 196 Å². The number of alkyl halides is 3. The van der Waals surface area contributed by atoms with Gasteiger partial charge in [0.2, 0.25) is 5.91 Å². The van der Waals surface area contributed by atoms with Crippen LogP contribution in [-0.4, -0.2) is 30.4 Å². The van der Waals surface area contributed by atoms with E-state index in [-0.39, 0.29) is 22.0 Å². The van der Waals surface area contributed by atoms with E-state index in [0.29, 0.717) is 0 Å². The monoisotopic (exact) mass is 521 g/mol. The van der Waals surface area contributed by atoms with Gasteiger partial charge in [0.25, 0.3) is 0 Å². The average molecular weight is 522 g/mol. The van der Waals surface area contributed by atoms with E-state index < -0.39 is 56.6 Å². The summed E-state index contributed by atoms with van der Waals surface area (Å²) in [5, 5.41) is 5.62. The zero-order valence-electron chi connectivity index (χ0n) is 17.6. The number of nitrogens with zero attached hydrogens (tertiary/aromatic N) is 2. The highest BCUT2D eigenvalue weighted by Gasteiger charge is 2.35. The van der Waals surface area contributed by atoms with E-state index >= 15 is 0 Å². The smallest absolute Gasteiger partial charge is 0.350 e. The Balaban J connectivity index is 1.85. The highest BCUT2D eigenvalue weighted by atomic mass is 35.5. The van der Waals surface area contributed by atoms with Gasteiger partial charge in [-0.3, -0.25) is 4.79 Å². The lowest BCUT2D eigenvalue weighted by Gasteiger charge is -2.14. The second-order valence-corrected chi connectivity index (χ2v) is 9.82. The van der Waals surface area contributed by atoms with Crippen LogP contribution in [0, 0.1) is 11.6 Å². The molecule has 182 valence electrons. The van der Waals surface area contributed by atoms with Crippen LogP contribution in [0.3, 0.4) is 0 Å². The highest BCUT2D eigenvalue weighted by Crippen LogP contribution is 2.30. The van der Waals surface area contributed by atoms with Crippen molar-refractivity contribution in [3.05, 3.63) is 76.1 Å². The van der Waals surface area contributed by atoms with Crippen LogP contribution in [0.4, 0.5) is 22.0 Å². The molecule has 3 rings (SSSR count). The van der Waals surface area contributed by atoms with Crippen molar-refractivity contribution in [3.8, 4) is 5.69 Å². The van der Waals surface area contributed by atoms with Crippen molar-refractivity contribution >= 4 is 27.3 Å². The number of carbonyl (C=O) groups is 1. The molecule has 0 aliphatic carbocycles. The summed E-state index contributed by atoms with van der Waals surface area (Å²) in [6.07, 6.45) is -3.94. The molecule has 34 heavy (non-hydrogen) atoms. The fraction of sp³-hybridized carbons (Fsp3) is 0.238. The first-order chi connectivity index (χ1) is 15.7. The Morgan fingerprint density at radius 1 is 1.12 bits per heavy atom. The first-order valence-corrected chi connectivity index (χ1v) is 11.8. The summed E-state index contributed by atoms with van der Waals surface area (Å²) in [7, 11) is -3.80. The second kappa shape index (κ2) is 9.34. The van der Waals surface area contributed by atoms with E-state index in [2.05, 4.69) is 10.4 Å². The Bertz CT molecular complexity index is 1360. The molecule has 0 saturated carbocycles. The first-order valence-electron chi connectivity index (χ1n) is 9.57. The number of rotatable bonds is 6. The summed E-state index contributed by atoms with van der Waals surface area (Å²) < 4.78 is 91.3. The number of hydrogen-bond acceptors (Lipinski definition) is 4. The van der Waals surface area contributed by atoms with Gasteiger partial charge >= 0.3 is 6.18 Å². The van der Waals surface area contributed by atoms with Gasteiger partial charge in [0.15, 0.2) is 15.5 Å². The third kappa shape index (κ3) is 5.55. The van der Waals surface area contributed by atoms with Crippen LogP contribution in [0.5, 0.6) is 0 Å². The summed E-state index contributed by atoms with van der Waals surface area (Å²) in [5.41, 5.74) is -1.10. The second-order valence-electron chi connectivity index (χ2n) is 7.43. The number of amides is 1. The van der Waals surface area contributed by atoms with Crippen molar-refractivity contribution in [2.75, 3.05) is 6.26 Å². The Morgan fingerprint density at radius 3 is 2.35 bits per heavy atom. The molecule has 1 unspecified atom stereocenters. The molecule has 0 aliphatic heterocycles. The maximum Gasteiger partial charge on any atom is 0.435 e. The van der Waals surface area contributed by atoms with Gasteiger partial charge in [0, 0.05) is 6.26 Å². The number of halogens is 6. The third-order valence-electron chi connectivity index (χ3n) is 4.91. The topological polar surface area (TPSA) is 81.1 Å². The molecule has 1 amide bonds. The highest BCUT2D eigenvalue weighted by molar-refractivity contribution is 7.90. The van der Waals surface area contributed by atoms with Crippen LogP contribution in [0.1, 0.15) is 29.8 Å². The minimum atomic E-state index is -4.78. The number of aromatic nitrogens is 2. The molecule has 0 spiro atoms. The third-order valence-corrected chi connectivity index (χ3v) is 6.33. The predicted molar refractivity (Wildman–Crippen MR) is 113 cm³/mol. The predicted octanol–water partition coefficient (Wildman–Crippen LogP) is 4.65. The van der Waals surface area contributed by atoms with E-state index in [0.717, 1.165) is 41.3 Å². The number of hydrogen-bond donors (Lipinski definition) is 1. The fourth-order valence-electron chi connectivity index (χ4n) is 3.09. The summed E-state index contributed by atoms with van der Waals surface area (Å²) in [6, 6.07) is 7.17. The van der Waals surface area contributed by atoms with Crippen molar-refractivity contribution in [2.24, 2.45) is 0 Å². The Morgan fingerprint density at radius 2 is 1.79 bits per heavy atom. The molecule has 1 N–H and O–H groups in total. The minimum absolute atomic E-state index is 0.0395. The first kappa shape index (κ1) is 25.6. The van der Waals surface area contributed by atoms with Crippen LogP contribution in [0.15, 0.2) is 47.4 Å². The van der Waals surface area contributed by atoms with Gasteiger partial charge in [0.05, 0.1) is 28.9 Å². The SMILES string of the molecule is CC(C(=O)NCc1cc(C(F)(F)F)nn1-c1ccc(F)c(Cl)c1)c1ccc(S(C)(=O)=O)c(F)c1. The van der Waals surface area contributed by atoms with Crippen LogP contribution in [0.2, 0.25) is 5.02 Å². The zero-order chi connectivity index (χ0) is 25.4. The van der Waals surface area contributed by atoms with Crippen LogP contribution in [-0.2, 0) is 27.4 Å². The lowest BCUT2D eigenvalue weighted by Crippen LogP contribution is -2.28. The van der Waals surface area contributed by atoms with Crippen molar-refractivity contribution in [2.45, 2.75) is 30.5 Å². The lowest BCUT2D eigenvalue weighted by atomic mass is 10.0. The van der Waals surface area contributed by atoms with Gasteiger partial charge < -0.3 is 5.32 Å². The molecule has 0 aliphatic rings. The number of carbonyl (C=O) groups excluding carboxylic acids is 1. The summed E-state index contributed by atoms with van der Waals surface area (Å²) in [5.74, 6) is -3.42. The maximum atomic E-state index is 14.2. The van der Waals surface area contributed by atoms with Crippen LogP contribution < -0.4 is 5.32 Å². The standard InChI is InChI=1S/C21H17ClF5N3O3S/c1-11(12-3-6-18(17(24)7-12)34(2,32)33)20(31)28-10-14-9-19(21(25,26)27)29-30(14)13-4-5-16(23)15(22)8-13/h3-9,11H,10H2,1-2H3,(H,28,31). The van der Waals surface area contributed by atoms with Crippen molar-refractivity contribution in [3.63, 3.8) is 0 Å². The lowest BCUT2D eigenvalue weighted by molar-refractivity contribution is -0.141. The molecular formula is C21H17ClF5N3O3S. The summed E-state index contributed by atoms with van der Waals surface area (Å²) in [6.45, 7) is 1.02. The summed E-state index contributed by atoms with van der Waals surface area (Å²) in [4.78, 5) is 12.1. The van der Waals surface area contributed by atoms with E-state index in [9.17, 15) is 35.2 Å². The molecule has 0 radical (unpaired) electrons. The molecule has 13 heteroatoms. The van der Waals surface area contributed by atoms with Crippen LogP contribution >= 0.6 is 11.6 Å². The zero-order valence-corrected chi connectivity index (χ0v) is 19.2. The van der Waals surface area contributed by atoms with Crippen molar-refractivity contribution < 1.29 is 35.2 Å². The molecule has 2 aromatic carbocycles. The molecule has 6 nitrogen and oxygen atoms in total. The van der Waals surface area contributed by atoms with Crippen LogP contribution in [0.25, 0.3) is 5.69 Å². The normalized spacial score (nSPS) is 13.1. The van der Waals surface area contributed by atoms with E-state index in [4.69, 9.17) is 11.6 Å². The fourth-order valence-corrected chi connectivity index (χ4v) is 4.00. The van der Waals surface area contributed by atoms with Gasteiger partial charge in [-0.25, -0.2) is 21.9 Å². The molecule has 0 saturated heterocycles. The van der Waals surface area contributed by atoms with E-state index in [1.54, 1.807) is 0 Å². The van der Waals surface area contributed by atoms with Crippen molar-refractivity contribution in [1.82, 2.24) is 15.1 Å². The number of benzene rings is 2. The Kier molecular flexibility index (Phi) is 7.04. The van der Waals surface area contributed by atoms with Gasteiger partial charge in [-0.15, -0.1) is 0 Å². The van der Waals surface area contributed by atoms with Gasteiger partial charge in [-0.05, 0) is 48.9 Å². The number of sulfone groups is 1. The van der Waals surface area contributed by atoms with Gasteiger partial charge in [0.1, 0.15) is 16.5 Å². The molecule has 0 fully saturated rings. The molecule has 1 aromatic heterocycles. The quantitative estimate of drug-likeness (QED) is 0.479. The molecule has 3 aromatic rings. The number of nitrogens with one attached hydrogen (secondary N) is 1. The Hall–Kier alpha value is -2.99. The average Bonchev–Trinajstić information content (AvgIpc) is 3.17. The van der Waals surface area contributed by atoms with Gasteiger partial charge in [-0.1, -0.05) is 17.7 Å². The maximum absolute atomic E-state index is 14.2. The largest absolute Gasteiger partial charge is 0.435 e. The molecule has 1 atom stereocenters. The van der Waals surface area contributed by atoms with E-state index in [1.807, 2.05) is 0 Å². The molecule has 1 heterocycles.